The number of carbonyl (C=O) groups is 2. The molecule has 0 aromatic heterocycles. The summed E-state index contributed by atoms with van der Waals surface area (Å²) in [5.41, 5.74) is 2.49. The average Bonchev–Trinajstić information content (AvgIpc) is 2.73. The Morgan fingerprint density at radius 1 is 0.750 bits per heavy atom. The number of anilines is 2. The van der Waals surface area contributed by atoms with Gasteiger partial charge in [0.2, 0.25) is 0 Å². The van der Waals surface area contributed by atoms with Gasteiger partial charge in [-0.2, -0.15) is 0 Å². The normalized spacial score (nSPS) is 14.9. The number of ketones is 2. The van der Waals surface area contributed by atoms with Crippen LogP contribution < -0.4 is 10.6 Å². The first-order valence-electron chi connectivity index (χ1n) is 8.81. The molecule has 0 spiro atoms. The molecule has 0 radical (unpaired) electrons. The van der Waals surface area contributed by atoms with Crippen LogP contribution >= 0.6 is 31.9 Å². The Kier molecular flexibility index (Phi) is 6.87. The van der Waals surface area contributed by atoms with Crippen molar-refractivity contribution >= 4 is 54.8 Å². The first-order valence-corrected chi connectivity index (χ1v) is 10.6. The highest BCUT2D eigenvalue weighted by Gasteiger charge is 2.33. The molecule has 0 amide bonds. The number of fused-ring (bicyclic) bond motifs is 2. The SMILES string of the molecule is O=C1c2ccccc2C(=O)c2c(NCC(Br)CO)ccc(NCC(Br)CO)c21. The molecular formula is C20H20Br2N2O4. The third kappa shape index (κ3) is 4.15. The lowest BCUT2D eigenvalue weighted by molar-refractivity contribution is 0.0980. The van der Waals surface area contributed by atoms with E-state index in [1.807, 2.05) is 0 Å². The number of nitrogens with one attached hydrogen (secondary N) is 2. The molecule has 2 atom stereocenters. The fraction of sp³-hybridized carbons (Fsp3) is 0.300. The van der Waals surface area contributed by atoms with Gasteiger partial charge in [-0.25, -0.2) is 0 Å². The van der Waals surface area contributed by atoms with Gasteiger partial charge >= 0.3 is 0 Å². The van der Waals surface area contributed by atoms with Crippen LogP contribution in [-0.4, -0.2) is 57.7 Å². The lowest BCUT2D eigenvalue weighted by Crippen LogP contribution is -2.27. The molecule has 28 heavy (non-hydrogen) atoms. The number of hydrogen-bond donors (Lipinski definition) is 4. The van der Waals surface area contributed by atoms with Crippen LogP contribution in [0.3, 0.4) is 0 Å². The van der Waals surface area contributed by atoms with E-state index < -0.39 is 0 Å². The molecule has 2 aromatic rings. The molecule has 0 heterocycles. The largest absolute Gasteiger partial charge is 0.395 e. The van der Waals surface area contributed by atoms with Crippen molar-refractivity contribution < 1.29 is 19.8 Å². The van der Waals surface area contributed by atoms with E-state index >= 15 is 0 Å². The molecule has 2 aromatic carbocycles. The van der Waals surface area contributed by atoms with Crippen LogP contribution in [0.4, 0.5) is 11.4 Å². The molecule has 2 unspecified atom stereocenters. The fourth-order valence-corrected chi connectivity index (χ4v) is 3.41. The Bertz CT molecular complexity index is 832. The number of rotatable bonds is 8. The number of alkyl halides is 2. The van der Waals surface area contributed by atoms with Gasteiger partial charge in [0.15, 0.2) is 11.6 Å². The smallest absolute Gasteiger partial charge is 0.196 e. The summed E-state index contributed by atoms with van der Waals surface area (Å²) >= 11 is 6.68. The highest BCUT2D eigenvalue weighted by Crippen LogP contribution is 2.36. The minimum Gasteiger partial charge on any atom is -0.395 e. The van der Waals surface area contributed by atoms with Crippen LogP contribution in [0.25, 0.3) is 0 Å². The van der Waals surface area contributed by atoms with Crippen LogP contribution in [-0.2, 0) is 0 Å². The van der Waals surface area contributed by atoms with E-state index in [0.29, 0.717) is 46.7 Å². The van der Waals surface area contributed by atoms with Crippen molar-refractivity contribution in [2.75, 3.05) is 36.9 Å². The zero-order chi connectivity index (χ0) is 20.3. The molecule has 8 heteroatoms. The van der Waals surface area contributed by atoms with Crippen LogP contribution in [0.1, 0.15) is 31.8 Å². The summed E-state index contributed by atoms with van der Waals surface area (Å²) in [6.45, 7) is 0.677. The van der Waals surface area contributed by atoms with Crippen molar-refractivity contribution in [3.63, 3.8) is 0 Å². The lowest BCUT2D eigenvalue weighted by atomic mass is 9.82. The van der Waals surface area contributed by atoms with E-state index in [2.05, 4.69) is 42.5 Å². The number of hydrogen-bond acceptors (Lipinski definition) is 6. The summed E-state index contributed by atoms with van der Waals surface area (Å²) in [4.78, 5) is 26.1. The van der Waals surface area contributed by atoms with Gasteiger partial charge in [-0.1, -0.05) is 56.1 Å². The van der Waals surface area contributed by atoms with Crippen molar-refractivity contribution in [3.05, 3.63) is 58.7 Å². The van der Waals surface area contributed by atoms with Gasteiger partial charge in [-0.05, 0) is 12.1 Å². The Balaban J connectivity index is 2.07. The van der Waals surface area contributed by atoms with Crippen molar-refractivity contribution in [1.82, 2.24) is 0 Å². The summed E-state index contributed by atoms with van der Waals surface area (Å²) in [5, 5.41) is 24.7. The Hall–Kier alpha value is -1.74. The van der Waals surface area contributed by atoms with Crippen molar-refractivity contribution in [2.24, 2.45) is 0 Å². The molecule has 0 fully saturated rings. The summed E-state index contributed by atoms with van der Waals surface area (Å²) in [6, 6.07) is 10.3. The monoisotopic (exact) mass is 510 g/mol. The van der Waals surface area contributed by atoms with Gasteiger partial charge in [0.05, 0.1) is 34.0 Å². The zero-order valence-electron chi connectivity index (χ0n) is 14.9. The standard InChI is InChI=1S/C20H20Br2N2O4/c21-11(9-25)7-23-15-5-6-16(24-8-12(22)10-26)18-17(15)19(27)13-3-1-2-4-14(13)20(18)28/h1-6,11-12,23-26H,7-10H2. The van der Waals surface area contributed by atoms with Crippen molar-refractivity contribution in [2.45, 2.75) is 9.65 Å². The summed E-state index contributed by atoms with van der Waals surface area (Å²) in [6.07, 6.45) is 0. The highest BCUT2D eigenvalue weighted by atomic mass is 79.9. The average molecular weight is 512 g/mol. The molecule has 0 bridgehead atoms. The quantitative estimate of drug-likeness (QED) is 0.347. The molecule has 148 valence electrons. The maximum Gasteiger partial charge on any atom is 0.196 e. The van der Waals surface area contributed by atoms with Gasteiger partial charge < -0.3 is 20.8 Å². The maximum atomic E-state index is 13.2. The van der Waals surface area contributed by atoms with Crippen LogP contribution in [0.5, 0.6) is 0 Å². The van der Waals surface area contributed by atoms with E-state index in [4.69, 9.17) is 0 Å². The molecular weight excluding hydrogens is 492 g/mol. The number of aliphatic hydroxyl groups is 2. The molecule has 0 saturated heterocycles. The molecule has 4 N–H and O–H groups in total. The Morgan fingerprint density at radius 3 is 1.50 bits per heavy atom. The second kappa shape index (κ2) is 9.17. The summed E-state index contributed by atoms with van der Waals surface area (Å²) in [7, 11) is 0. The van der Waals surface area contributed by atoms with E-state index in [1.165, 1.54) is 0 Å². The van der Waals surface area contributed by atoms with Crippen LogP contribution in [0.2, 0.25) is 0 Å². The molecule has 3 rings (SSSR count). The van der Waals surface area contributed by atoms with Crippen LogP contribution in [0, 0.1) is 0 Å². The van der Waals surface area contributed by atoms with E-state index in [-0.39, 0.29) is 34.4 Å². The number of carbonyl (C=O) groups excluding carboxylic acids is 2. The number of aliphatic hydroxyl groups excluding tert-OH is 2. The minimum absolute atomic E-state index is 0.0572. The maximum absolute atomic E-state index is 13.2. The topological polar surface area (TPSA) is 98.7 Å². The van der Waals surface area contributed by atoms with Gasteiger partial charge in [-0.15, -0.1) is 0 Å². The summed E-state index contributed by atoms with van der Waals surface area (Å²) in [5.74, 6) is -0.437. The minimum atomic E-state index is -0.218. The second-order valence-electron chi connectivity index (χ2n) is 6.44. The van der Waals surface area contributed by atoms with Crippen molar-refractivity contribution in [1.29, 1.82) is 0 Å². The van der Waals surface area contributed by atoms with E-state index in [1.54, 1.807) is 36.4 Å². The van der Waals surface area contributed by atoms with Gasteiger partial charge in [-0.3, -0.25) is 9.59 Å². The van der Waals surface area contributed by atoms with Gasteiger partial charge in [0.25, 0.3) is 0 Å². The van der Waals surface area contributed by atoms with Gasteiger partial charge in [0.1, 0.15) is 0 Å². The van der Waals surface area contributed by atoms with Crippen LogP contribution in [0.15, 0.2) is 36.4 Å². The Morgan fingerprint density at radius 2 is 1.14 bits per heavy atom. The van der Waals surface area contributed by atoms with Gasteiger partial charge in [0, 0.05) is 35.6 Å². The third-order valence-corrected chi connectivity index (χ3v) is 5.73. The number of halogens is 2. The molecule has 0 saturated carbocycles. The second-order valence-corrected chi connectivity index (χ2v) is 9.03. The predicted molar refractivity (Wildman–Crippen MR) is 116 cm³/mol. The van der Waals surface area contributed by atoms with E-state index in [0.717, 1.165) is 0 Å². The van der Waals surface area contributed by atoms with Crippen molar-refractivity contribution in [3.8, 4) is 0 Å². The number of benzene rings is 2. The first-order chi connectivity index (χ1) is 13.5. The first kappa shape index (κ1) is 21.0. The molecule has 1 aliphatic carbocycles. The molecule has 1 aliphatic rings. The highest BCUT2D eigenvalue weighted by molar-refractivity contribution is 9.09. The zero-order valence-corrected chi connectivity index (χ0v) is 18.1. The lowest BCUT2D eigenvalue weighted by Gasteiger charge is -2.24. The fourth-order valence-electron chi connectivity index (χ4n) is 3.09. The summed E-state index contributed by atoms with van der Waals surface area (Å²) < 4.78 is 0. The molecule has 6 nitrogen and oxygen atoms in total. The third-order valence-electron chi connectivity index (χ3n) is 4.50. The predicted octanol–water partition coefficient (Wildman–Crippen LogP) is 2.80. The molecule has 0 aliphatic heterocycles. The Labute approximate surface area is 179 Å². The van der Waals surface area contributed by atoms with E-state index in [9.17, 15) is 19.8 Å².